The summed E-state index contributed by atoms with van der Waals surface area (Å²) < 4.78 is 5.72. The Hall–Kier alpha value is -0.850. The maximum absolute atomic E-state index is 5.72. The minimum Gasteiger partial charge on any atom is -0.379 e. The van der Waals surface area contributed by atoms with Crippen molar-refractivity contribution in [2.75, 3.05) is 73.1 Å². The molecule has 126 valence electrons. The second kappa shape index (κ2) is 7.62. The van der Waals surface area contributed by atoms with Crippen LogP contribution in [0.4, 0.5) is 0 Å². The summed E-state index contributed by atoms with van der Waals surface area (Å²) in [5.74, 6) is 1.82. The second-order valence-corrected chi connectivity index (χ2v) is 6.86. The van der Waals surface area contributed by atoms with Crippen LogP contribution < -0.4 is 5.32 Å². The van der Waals surface area contributed by atoms with Gasteiger partial charge < -0.3 is 15.0 Å². The molecule has 1 N–H and O–H groups in total. The molecule has 0 amide bonds. The molecular weight excluding hydrogens is 278 g/mol. The van der Waals surface area contributed by atoms with E-state index in [0.29, 0.717) is 6.04 Å². The van der Waals surface area contributed by atoms with Gasteiger partial charge in [-0.25, -0.2) is 0 Å². The third kappa shape index (κ3) is 4.33. The first-order valence-corrected chi connectivity index (χ1v) is 8.72. The van der Waals surface area contributed by atoms with E-state index in [1.807, 2.05) is 7.05 Å². The molecule has 0 aromatic rings. The van der Waals surface area contributed by atoms with Crippen LogP contribution in [0, 0.1) is 5.92 Å². The van der Waals surface area contributed by atoms with Crippen LogP contribution in [0.3, 0.4) is 0 Å². The smallest absolute Gasteiger partial charge is 0.193 e. The Bertz CT molecular complexity index is 377. The highest BCUT2D eigenvalue weighted by Gasteiger charge is 2.31. The molecule has 0 spiro atoms. The summed E-state index contributed by atoms with van der Waals surface area (Å²) in [6.07, 6.45) is 2.71. The number of hydrogen-bond donors (Lipinski definition) is 1. The number of likely N-dealkylation sites (N-methyl/N-ethyl adjacent to an activating group) is 1. The zero-order valence-corrected chi connectivity index (χ0v) is 14.1. The van der Waals surface area contributed by atoms with E-state index >= 15 is 0 Å². The number of nitrogens with one attached hydrogen (secondary N) is 1. The summed E-state index contributed by atoms with van der Waals surface area (Å²) >= 11 is 0. The van der Waals surface area contributed by atoms with Crippen LogP contribution in [0.15, 0.2) is 4.99 Å². The topological polar surface area (TPSA) is 43.3 Å². The van der Waals surface area contributed by atoms with Crippen LogP contribution in [0.25, 0.3) is 0 Å². The van der Waals surface area contributed by atoms with Crippen molar-refractivity contribution >= 4 is 5.96 Å². The Morgan fingerprint density at radius 1 is 1.27 bits per heavy atom. The van der Waals surface area contributed by atoms with Crippen molar-refractivity contribution in [3.63, 3.8) is 0 Å². The molecule has 1 saturated carbocycles. The van der Waals surface area contributed by atoms with Crippen molar-refractivity contribution in [1.29, 1.82) is 0 Å². The molecule has 2 bridgehead atoms. The van der Waals surface area contributed by atoms with Gasteiger partial charge in [0.25, 0.3) is 0 Å². The Balaban J connectivity index is 1.35. The lowest BCUT2D eigenvalue weighted by Crippen LogP contribution is -2.63. The normalized spacial score (nSPS) is 31.4. The van der Waals surface area contributed by atoms with E-state index in [1.54, 1.807) is 0 Å². The molecular formula is C16H31N5O. The molecule has 0 radical (unpaired) electrons. The molecule has 4 aliphatic rings. The van der Waals surface area contributed by atoms with Crippen LogP contribution in [-0.2, 0) is 4.74 Å². The average Bonchev–Trinajstić information content (AvgIpc) is 3.37. The van der Waals surface area contributed by atoms with E-state index in [4.69, 9.17) is 4.74 Å². The average molecular weight is 309 g/mol. The van der Waals surface area contributed by atoms with Crippen molar-refractivity contribution in [2.45, 2.75) is 18.9 Å². The molecule has 1 unspecified atom stereocenters. The van der Waals surface area contributed by atoms with E-state index in [0.717, 1.165) is 38.2 Å². The number of rotatable bonds is 7. The lowest BCUT2D eigenvalue weighted by molar-refractivity contribution is 0.0152. The van der Waals surface area contributed by atoms with Gasteiger partial charge in [-0.05, 0) is 18.8 Å². The molecule has 0 aromatic heterocycles. The minimum absolute atomic E-state index is 0.624. The van der Waals surface area contributed by atoms with Crippen molar-refractivity contribution in [3.05, 3.63) is 0 Å². The summed E-state index contributed by atoms with van der Waals surface area (Å²) in [6, 6.07) is 0.624. The quantitative estimate of drug-likeness (QED) is 0.405. The van der Waals surface area contributed by atoms with Gasteiger partial charge in [0, 0.05) is 72.6 Å². The summed E-state index contributed by atoms with van der Waals surface area (Å²) in [6.45, 7) is 9.71. The summed E-state index contributed by atoms with van der Waals surface area (Å²) in [7, 11) is 3.95. The van der Waals surface area contributed by atoms with Crippen LogP contribution in [0.1, 0.15) is 12.8 Å². The lowest BCUT2D eigenvalue weighted by atomic mass is 10.1. The summed E-state index contributed by atoms with van der Waals surface area (Å²) in [5, 5.41) is 3.54. The van der Waals surface area contributed by atoms with Gasteiger partial charge in [0.2, 0.25) is 0 Å². The summed E-state index contributed by atoms with van der Waals surface area (Å²) in [5.41, 5.74) is 0. The zero-order chi connectivity index (χ0) is 15.4. The zero-order valence-electron chi connectivity index (χ0n) is 14.1. The number of aliphatic imine (C=N–C) groups is 1. The minimum atomic E-state index is 0.624. The SMILES string of the molecule is CN=C(NCC1CN2CCN1CC2)N(C)CCOCC1CC1. The van der Waals surface area contributed by atoms with E-state index in [2.05, 4.69) is 32.1 Å². The van der Waals surface area contributed by atoms with E-state index < -0.39 is 0 Å². The first-order chi connectivity index (χ1) is 10.8. The van der Waals surface area contributed by atoms with Crippen LogP contribution in [0.5, 0.6) is 0 Å². The van der Waals surface area contributed by atoms with Crippen molar-refractivity contribution in [1.82, 2.24) is 20.0 Å². The van der Waals surface area contributed by atoms with Crippen molar-refractivity contribution < 1.29 is 4.74 Å². The van der Waals surface area contributed by atoms with Gasteiger partial charge >= 0.3 is 0 Å². The first-order valence-electron chi connectivity index (χ1n) is 8.72. The Kier molecular flexibility index (Phi) is 5.55. The highest BCUT2D eigenvalue weighted by atomic mass is 16.5. The highest BCUT2D eigenvalue weighted by Crippen LogP contribution is 2.28. The van der Waals surface area contributed by atoms with Gasteiger partial charge in [-0.1, -0.05) is 0 Å². The molecule has 4 fully saturated rings. The number of hydrogen-bond acceptors (Lipinski definition) is 4. The molecule has 3 saturated heterocycles. The van der Waals surface area contributed by atoms with Gasteiger partial charge in [0.1, 0.15) is 0 Å². The molecule has 22 heavy (non-hydrogen) atoms. The van der Waals surface area contributed by atoms with Gasteiger partial charge in [-0.15, -0.1) is 0 Å². The Labute approximate surface area is 134 Å². The van der Waals surface area contributed by atoms with E-state index in [-0.39, 0.29) is 0 Å². The van der Waals surface area contributed by atoms with E-state index in [9.17, 15) is 0 Å². The maximum atomic E-state index is 5.72. The fourth-order valence-electron chi connectivity index (χ4n) is 3.35. The fraction of sp³-hybridized carbons (Fsp3) is 0.938. The maximum Gasteiger partial charge on any atom is 0.193 e. The van der Waals surface area contributed by atoms with Gasteiger partial charge in [0.05, 0.1) is 6.61 Å². The summed E-state index contributed by atoms with van der Waals surface area (Å²) in [4.78, 5) is 11.8. The number of piperazine rings is 3. The molecule has 6 heteroatoms. The number of ether oxygens (including phenoxy) is 1. The van der Waals surface area contributed by atoms with E-state index in [1.165, 1.54) is 45.6 Å². The predicted molar refractivity (Wildman–Crippen MR) is 89.3 cm³/mol. The van der Waals surface area contributed by atoms with Crippen LogP contribution in [-0.4, -0.2) is 99.8 Å². The molecule has 6 nitrogen and oxygen atoms in total. The highest BCUT2D eigenvalue weighted by molar-refractivity contribution is 5.79. The van der Waals surface area contributed by atoms with Gasteiger partial charge in [-0.3, -0.25) is 14.8 Å². The third-order valence-electron chi connectivity index (χ3n) is 5.08. The third-order valence-corrected chi connectivity index (χ3v) is 5.08. The standard InChI is InChI=1S/C16H31N5O/c1-17-16(19(2)9-10-22-13-14-3-4-14)18-11-15-12-20-5-7-21(15)8-6-20/h14-15H,3-13H2,1-2H3,(H,17,18). The molecule has 3 aliphatic heterocycles. The van der Waals surface area contributed by atoms with Crippen LogP contribution >= 0.6 is 0 Å². The van der Waals surface area contributed by atoms with Gasteiger partial charge in [0.15, 0.2) is 5.96 Å². The van der Waals surface area contributed by atoms with Crippen molar-refractivity contribution in [3.8, 4) is 0 Å². The fourth-order valence-corrected chi connectivity index (χ4v) is 3.35. The Morgan fingerprint density at radius 3 is 2.64 bits per heavy atom. The molecule has 4 rings (SSSR count). The predicted octanol–water partition coefficient (Wildman–Crippen LogP) is -0.0800. The molecule has 1 aliphatic carbocycles. The number of nitrogens with zero attached hydrogens (tertiary/aromatic N) is 4. The molecule has 3 heterocycles. The van der Waals surface area contributed by atoms with Crippen LogP contribution in [0.2, 0.25) is 0 Å². The van der Waals surface area contributed by atoms with Gasteiger partial charge in [-0.2, -0.15) is 0 Å². The monoisotopic (exact) mass is 309 g/mol. The first kappa shape index (κ1) is 16.0. The number of fused-ring (bicyclic) bond motifs is 3. The molecule has 1 atom stereocenters. The van der Waals surface area contributed by atoms with Crippen molar-refractivity contribution in [2.24, 2.45) is 10.9 Å². The molecule has 0 aromatic carbocycles. The largest absolute Gasteiger partial charge is 0.379 e. The lowest BCUT2D eigenvalue weighted by Gasteiger charge is -2.47. The Morgan fingerprint density at radius 2 is 2.05 bits per heavy atom. The second-order valence-electron chi connectivity index (χ2n) is 6.86. The number of guanidine groups is 1.